The highest BCUT2D eigenvalue weighted by molar-refractivity contribution is 5.81. The zero-order valence-electron chi connectivity index (χ0n) is 9.63. The van der Waals surface area contributed by atoms with Crippen molar-refractivity contribution in [3.8, 4) is 0 Å². The van der Waals surface area contributed by atoms with E-state index in [1.54, 1.807) is 0 Å². The molecule has 4 nitrogen and oxygen atoms in total. The highest BCUT2D eigenvalue weighted by Crippen LogP contribution is 2.14. The highest BCUT2D eigenvalue weighted by atomic mass is 15.3. The summed E-state index contributed by atoms with van der Waals surface area (Å²) in [5.41, 5.74) is 0. The average molecular weight is 210 g/mol. The summed E-state index contributed by atoms with van der Waals surface area (Å²) in [6.07, 6.45) is 3.96. The molecule has 0 spiro atoms. The number of rotatable bonds is 3. The molecule has 0 unspecified atom stereocenters. The quantitative estimate of drug-likeness (QED) is 0.702. The first-order chi connectivity index (χ1) is 7.36. The van der Waals surface area contributed by atoms with Crippen LogP contribution in [0.4, 0.5) is 0 Å². The van der Waals surface area contributed by atoms with Gasteiger partial charge in [0, 0.05) is 20.1 Å². The number of nitrogens with zero attached hydrogens (tertiary/aromatic N) is 2. The Morgan fingerprint density at radius 3 is 2.93 bits per heavy atom. The number of guanidine groups is 1. The van der Waals surface area contributed by atoms with Gasteiger partial charge in [-0.05, 0) is 38.3 Å². The molecule has 0 amide bonds. The zero-order chi connectivity index (χ0) is 10.5. The molecule has 0 radical (unpaired) electrons. The molecule has 0 aromatic rings. The van der Waals surface area contributed by atoms with E-state index in [-0.39, 0.29) is 0 Å². The molecule has 0 saturated carbocycles. The third-order valence-corrected chi connectivity index (χ3v) is 3.35. The number of piperidine rings is 1. The van der Waals surface area contributed by atoms with Crippen molar-refractivity contribution in [1.82, 2.24) is 15.5 Å². The first-order valence-electron chi connectivity index (χ1n) is 6.06. The molecule has 0 bridgehead atoms. The van der Waals surface area contributed by atoms with Crippen LogP contribution in [-0.4, -0.2) is 50.6 Å². The van der Waals surface area contributed by atoms with E-state index < -0.39 is 0 Å². The normalized spacial score (nSPS) is 23.0. The molecule has 2 N–H and O–H groups in total. The summed E-state index contributed by atoms with van der Waals surface area (Å²) in [5.74, 6) is 2.00. The number of likely N-dealkylation sites (N-methyl/N-ethyl adjacent to an activating group) is 1. The number of nitrogens with one attached hydrogen (secondary N) is 2. The lowest BCUT2D eigenvalue weighted by Gasteiger charge is -2.23. The molecular formula is C11H22N4. The molecule has 1 saturated heterocycles. The first kappa shape index (κ1) is 10.7. The molecule has 1 fully saturated rings. The van der Waals surface area contributed by atoms with Gasteiger partial charge in [0.05, 0.1) is 6.54 Å². The zero-order valence-corrected chi connectivity index (χ0v) is 9.63. The third kappa shape index (κ3) is 3.09. The van der Waals surface area contributed by atoms with Crippen LogP contribution < -0.4 is 10.6 Å². The van der Waals surface area contributed by atoms with Gasteiger partial charge in [0.1, 0.15) is 0 Å². The fraction of sp³-hybridized carbons (Fsp3) is 0.909. The van der Waals surface area contributed by atoms with E-state index in [0.717, 1.165) is 31.5 Å². The van der Waals surface area contributed by atoms with Gasteiger partial charge in [-0.25, -0.2) is 0 Å². The van der Waals surface area contributed by atoms with Crippen molar-refractivity contribution >= 4 is 5.96 Å². The van der Waals surface area contributed by atoms with Crippen LogP contribution in [0, 0.1) is 5.92 Å². The molecule has 2 aliphatic rings. The second-order valence-corrected chi connectivity index (χ2v) is 4.54. The molecule has 2 aliphatic heterocycles. The van der Waals surface area contributed by atoms with E-state index in [4.69, 9.17) is 0 Å². The van der Waals surface area contributed by atoms with Gasteiger partial charge in [-0.2, -0.15) is 0 Å². The maximum Gasteiger partial charge on any atom is 0.193 e. The Balaban J connectivity index is 1.61. The van der Waals surface area contributed by atoms with Crippen LogP contribution in [0.5, 0.6) is 0 Å². The second kappa shape index (κ2) is 5.35. The van der Waals surface area contributed by atoms with Crippen molar-refractivity contribution in [3.63, 3.8) is 0 Å². The third-order valence-electron chi connectivity index (χ3n) is 3.35. The Morgan fingerprint density at radius 1 is 1.47 bits per heavy atom. The maximum absolute atomic E-state index is 4.42. The SMILES string of the molecule is CN1CCN=C1NCCC1CCNCC1. The molecule has 0 atom stereocenters. The molecule has 15 heavy (non-hydrogen) atoms. The van der Waals surface area contributed by atoms with Crippen LogP contribution >= 0.6 is 0 Å². The average Bonchev–Trinajstić information content (AvgIpc) is 2.66. The molecule has 2 rings (SSSR count). The van der Waals surface area contributed by atoms with Crippen molar-refractivity contribution < 1.29 is 0 Å². The van der Waals surface area contributed by atoms with E-state index >= 15 is 0 Å². The van der Waals surface area contributed by atoms with Gasteiger partial charge in [0.2, 0.25) is 0 Å². The highest BCUT2D eigenvalue weighted by Gasteiger charge is 2.14. The summed E-state index contributed by atoms with van der Waals surface area (Å²) < 4.78 is 0. The minimum Gasteiger partial charge on any atom is -0.356 e. The minimum absolute atomic E-state index is 0.908. The molecule has 0 aliphatic carbocycles. The molecule has 86 valence electrons. The summed E-state index contributed by atoms with van der Waals surface area (Å²) in [6, 6.07) is 0. The summed E-state index contributed by atoms with van der Waals surface area (Å²) >= 11 is 0. The van der Waals surface area contributed by atoms with Gasteiger partial charge >= 0.3 is 0 Å². The lowest BCUT2D eigenvalue weighted by atomic mass is 9.95. The molecule has 0 aromatic heterocycles. The predicted octanol–water partition coefficient (Wildman–Crippen LogP) is 0.267. The Hall–Kier alpha value is -0.770. The van der Waals surface area contributed by atoms with Crippen LogP contribution in [0.3, 0.4) is 0 Å². The first-order valence-corrected chi connectivity index (χ1v) is 6.06. The summed E-state index contributed by atoms with van der Waals surface area (Å²) in [7, 11) is 2.10. The van der Waals surface area contributed by atoms with Crippen molar-refractivity contribution in [1.29, 1.82) is 0 Å². The Morgan fingerprint density at radius 2 is 2.27 bits per heavy atom. The van der Waals surface area contributed by atoms with Gasteiger partial charge in [-0.3, -0.25) is 4.99 Å². The van der Waals surface area contributed by atoms with E-state index in [0.29, 0.717) is 0 Å². The van der Waals surface area contributed by atoms with Gasteiger partial charge in [0.25, 0.3) is 0 Å². The van der Waals surface area contributed by atoms with Crippen molar-refractivity contribution in [2.75, 3.05) is 39.8 Å². The number of hydrogen-bond donors (Lipinski definition) is 2. The number of hydrogen-bond acceptors (Lipinski definition) is 4. The fourth-order valence-electron chi connectivity index (χ4n) is 2.28. The van der Waals surface area contributed by atoms with E-state index in [1.807, 2.05) is 0 Å². The largest absolute Gasteiger partial charge is 0.356 e. The Bertz CT molecular complexity index is 221. The Labute approximate surface area is 92.1 Å². The summed E-state index contributed by atoms with van der Waals surface area (Å²) in [6.45, 7) is 5.49. The van der Waals surface area contributed by atoms with Gasteiger partial charge in [-0.15, -0.1) is 0 Å². The van der Waals surface area contributed by atoms with E-state index in [2.05, 4.69) is 27.6 Å². The van der Waals surface area contributed by atoms with Crippen LogP contribution in [0.2, 0.25) is 0 Å². The molecule has 0 aromatic carbocycles. The topological polar surface area (TPSA) is 39.7 Å². The van der Waals surface area contributed by atoms with Gasteiger partial charge in [0.15, 0.2) is 5.96 Å². The number of aliphatic imine (C=N–C) groups is 1. The Kier molecular flexibility index (Phi) is 3.83. The van der Waals surface area contributed by atoms with Crippen molar-refractivity contribution in [2.24, 2.45) is 10.9 Å². The van der Waals surface area contributed by atoms with Crippen LogP contribution in [-0.2, 0) is 0 Å². The smallest absolute Gasteiger partial charge is 0.193 e. The lowest BCUT2D eigenvalue weighted by molar-refractivity contribution is 0.353. The van der Waals surface area contributed by atoms with E-state index in [1.165, 1.54) is 32.4 Å². The lowest BCUT2D eigenvalue weighted by Crippen LogP contribution is -2.37. The molecule has 2 heterocycles. The summed E-state index contributed by atoms with van der Waals surface area (Å²) in [4.78, 5) is 6.62. The summed E-state index contributed by atoms with van der Waals surface area (Å²) in [5, 5.41) is 6.84. The van der Waals surface area contributed by atoms with Crippen molar-refractivity contribution in [2.45, 2.75) is 19.3 Å². The van der Waals surface area contributed by atoms with Crippen LogP contribution in [0.15, 0.2) is 4.99 Å². The molecule has 4 heteroatoms. The van der Waals surface area contributed by atoms with Gasteiger partial charge < -0.3 is 15.5 Å². The standard InChI is InChI=1S/C11H22N4/c1-15-9-8-14-11(15)13-7-4-10-2-5-12-6-3-10/h10,12H,2-9H2,1H3,(H,13,14). The second-order valence-electron chi connectivity index (χ2n) is 4.54. The predicted molar refractivity (Wildman–Crippen MR) is 63.1 cm³/mol. The van der Waals surface area contributed by atoms with E-state index in [9.17, 15) is 0 Å². The van der Waals surface area contributed by atoms with Crippen molar-refractivity contribution in [3.05, 3.63) is 0 Å². The maximum atomic E-state index is 4.42. The van der Waals surface area contributed by atoms with Gasteiger partial charge in [-0.1, -0.05) is 0 Å². The van der Waals surface area contributed by atoms with Crippen LogP contribution in [0.1, 0.15) is 19.3 Å². The minimum atomic E-state index is 0.908. The monoisotopic (exact) mass is 210 g/mol. The molecular weight excluding hydrogens is 188 g/mol. The fourth-order valence-corrected chi connectivity index (χ4v) is 2.28. The van der Waals surface area contributed by atoms with Crippen LogP contribution in [0.25, 0.3) is 0 Å².